The van der Waals surface area contributed by atoms with Gasteiger partial charge in [-0.1, -0.05) is 41.4 Å². The first-order valence-corrected chi connectivity index (χ1v) is 7.73. The summed E-state index contributed by atoms with van der Waals surface area (Å²) >= 11 is 12.4. The number of benzene rings is 2. The molecule has 0 aliphatic rings. The molecule has 3 aromatic rings. The van der Waals surface area contributed by atoms with E-state index < -0.39 is 0 Å². The second-order valence-electron chi connectivity index (χ2n) is 5.14. The van der Waals surface area contributed by atoms with Gasteiger partial charge in [0.1, 0.15) is 12.1 Å². The standard InChI is InChI=1S/C17H14Cl2FN3/c1-22(23-9-8-21-11-23)17(12-2-5-14(20)6-3-12)15-7-4-13(18)10-16(15)19/h2-11,17H,1H3. The Hall–Kier alpha value is -2.04. The summed E-state index contributed by atoms with van der Waals surface area (Å²) in [6, 6.07) is 11.5. The molecule has 1 atom stereocenters. The molecule has 0 saturated carbocycles. The van der Waals surface area contributed by atoms with Gasteiger partial charge in [0, 0.05) is 29.5 Å². The largest absolute Gasteiger partial charge is 0.303 e. The van der Waals surface area contributed by atoms with Crippen LogP contribution in [0.5, 0.6) is 0 Å². The lowest BCUT2D eigenvalue weighted by Crippen LogP contribution is -2.34. The molecule has 118 valence electrons. The number of hydrogen-bond donors (Lipinski definition) is 0. The van der Waals surface area contributed by atoms with Crippen molar-refractivity contribution in [1.82, 2.24) is 9.66 Å². The number of hydrogen-bond acceptors (Lipinski definition) is 2. The average Bonchev–Trinajstić information content (AvgIpc) is 3.05. The molecule has 0 aliphatic carbocycles. The van der Waals surface area contributed by atoms with Crippen molar-refractivity contribution < 1.29 is 4.39 Å². The van der Waals surface area contributed by atoms with Crippen molar-refractivity contribution in [3.63, 3.8) is 0 Å². The highest BCUT2D eigenvalue weighted by molar-refractivity contribution is 6.35. The van der Waals surface area contributed by atoms with Crippen LogP contribution in [0.2, 0.25) is 10.0 Å². The topological polar surface area (TPSA) is 21.1 Å². The van der Waals surface area contributed by atoms with E-state index in [1.165, 1.54) is 12.1 Å². The first-order valence-electron chi connectivity index (χ1n) is 6.98. The Kier molecular flexibility index (Phi) is 4.55. The van der Waals surface area contributed by atoms with Gasteiger partial charge in [-0.05, 0) is 35.4 Å². The van der Waals surface area contributed by atoms with Gasteiger partial charge in [0.15, 0.2) is 0 Å². The smallest absolute Gasteiger partial charge is 0.123 e. The summed E-state index contributed by atoms with van der Waals surface area (Å²) in [5, 5.41) is 3.09. The van der Waals surface area contributed by atoms with Gasteiger partial charge in [-0.25, -0.2) is 9.37 Å². The molecule has 0 bridgehead atoms. The summed E-state index contributed by atoms with van der Waals surface area (Å²) in [6.07, 6.45) is 5.22. The third-order valence-electron chi connectivity index (χ3n) is 3.67. The minimum Gasteiger partial charge on any atom is -0.303 e. The highest BCUT2D eigenvalue weighted by Crippen LogP contribution is 2.33. The number of imidazole rings is 1. The van der Waals surface area contributed by atoms with Crippen LogP contribution in [0.3, 0.4) is 0 Å². The lowest BCUT2D eigenvalue weighted by atomic mass is 9.98. The number of aromatic nitrogens is 2. The molecule has 0 aliphatic heterocycles. The van der Waals surface area contributed by atoms with Crippen LogP contribution in [0.4, 0.5) is 4.39 Å². The van der Waals surface area contributed by atoms with E-state index in [4.69, 9.17) is 23.2 Å². The van der Waals surface area contributed by atoms with Crippen LogP contribution in [0.15, 0.2) is 61.2 Å². The molecule has 0 radical (unpaired) electrons. The third kappa shape index (κ3) is 3.33. The lowest BCUT2D eigenvalue weighted by Gasteiger charge is -2.31. The van der Waals surface area contributed by atoms with Crippen molar-refractivity contribution in [2.75, 3.05) is 12.1 Å². The van der Waals surface area contributed by atoms with Gasteiger partial charge in [0.2, 0.25) is 0 Å². The molecule has 3 rings (SSSR count). The summed E-state index contributed by atoms with van der Waals surface area (Å²) < 4.78 is 15.1. The Morgan fingerprint density at radius 2 is 1.87 bits per heavy atom. The minimum absolute atomic E-state index is 0.213. The van der Waals surface area contributed by atoms with Crippen molar-refractivity contribution in [1.29, 1.82) is 0 Å². The van der Waals surface area contributed by atoms with Crippen LogP contribution in [-0.4, -0.2) is 16.7 Å². The molecule has 23 heavy (non-hydrogen) atoms. The fourth-order valence-corrected chi connectivity index (χ4v) is 3.05. The lowest BCUT2D eigenvalue weighted by molar-refractivity contribution is 0.580. The molecule has 2 aromatic carbocycles. The van der Waals surface area contributed by atoms with Gasteiger partial charge in [0.05, 0.1) is 6.04 Å². The first-order chi connectivity index (χ1) is 11.1. The van der Waals surface area contributed by atoms with E-state index in [0.717, 1.165) is 11.1 Å². The zero-order chi connectivity index (χ0) is 16.4. The molecule has 0 amide bonds. The summed E-state index contributed by atoms with van der Waals surface area (Å²) in [6.45, 7) is 0. The zero-order valence-electron chi connectivity index (χ0n) is 12.3. The van der Waals surface area contributed by atoms with E-state index in [9.17, 15) is 4.39 Å². The number of rotatable bonds is 4. The van der Waals surface area contributed by atoms with E-state index >= 15 is 0 Å². The van der Waals surface area contributed by atoms with Crippen LogP contribution in [0, 0.1) is 5.82 Å². The molecule has 3 nitrogen and oxygen atoms in total. The second-order valence-corrected chi connectivity index (χ2v) is 5.98. The van der Waals surface area contributed by atoms with Gasteiger partial charge in [-0.3, -0.25) is 4.68 Å². The predicted molar refractivity (Wildman–Crippen MR) is 91.1 cm³/mol. The first kappa shape index (κ1) is 15.8. The maximum atomic E-state index is 13.3. The Morgan fingerprint density at radius 3 is 2.48 bits per heavy atom. The van der Waals surface area contributed by atoms with E-state index in [0.29, 0.717) is 10.0 Å². The maximum Gasteiger partial charge on any atom is 0.123 e. The van der Waals surface area contributed by atoms with Gasteiger partial charge in [0.25, 0.3) is 0 Å². The van der Waals surface area contributed by atoms with E-state index in [2.05, 4.69) is 4.98 Å². The van der Waals surface area contributed by atoms with Crippen LogP contribution >= 0.6 is 23.2 Å². The van der Waals surface area contributed by atoms with Crippen LogP contribution in [0.25, 0.3) is 0 Å². The molecule has 0 saturated heterocycles. The van der Waals surface area contributed by atoms with Crippen LogP contribution in [-0.2, 0) is 0 Å². The molecule has 1 unspecified atom stereocenters. The predicted octanol–water partition coefficient (Wildman–Crippen LogP) is 4.69. The quantitative estimate of drug-likeness (QED) is 0.681. The fourth-order valence-electron chi connectivity index (χ4n) is 2.54. The molecule has 0 fully saturated rings. The van der Waals surface area contributed by atoms with Gasteiger partial charge in [-0.15, -0.1) is 0 Å². The molecule has 1 aromatic heterocycles. The molecule has 6 heteroatoms. The summed E-state index contributed by atoms with van der Waals surface area (Å²) in [4.78, 5) is 4.07. The van der Waals surface area contributed by atoms with Crippen molar-refractivity contribution in [3.8, 4) is 0 Å². The SMILES string of the molecule is CN(C(c1ccc(F)cc1)c1ccc(Cl)cc1Cl)n1ccnc1. The second kappa shape index (κ2) is 6.60. The van der Waals surface area contributed by atoms with E-state index in [-0.39, 0.29) is 11.9 Å². The zero-order valence-corrected chi connectivity index (χ0v) is 13.8. The maximum absolute atomic E-state index is 13.3. The molecular weight excluding hydrogens is 336 g/mol. The normalized spacial score (nSPS) is 12.2. The Morgan fingerprint density at radius 1 is 1.13 bits per heavy atom. The third-order valence-corrected chi connectivity index (χ3v) is 4.23. The van der Waals surface area contributed by atoms with Gasteiger partial charge in [-0.2, -0.15) is 0 Å². The number of nitrogens with zero attached hydrogens (tertiary/aromatic N) is 3. The fraction of sp³-hybridized carbons (Fsp3) is 0.118. The Bertz CT molecular complexity index is 788. The summed E-state index contributed by atoms with van der Waals surface area (Å²) in [5.41, 5.74) is 1.78. The van der Waals surface area contributed by atoms with Crippen molar-refractivity contribution in [2.45, 2.75) is 6.04 Å². The van der Waals surface area contributed by atoms with E-state index in [1.807, 2.05) is 29.0 Å². The summed E-state index contributed by atoms with van der Waals surface area (Å²) in [7, 11) is 1.92. The Labute approximate surface area is 143 Å². The average molecular weight is 350 g/mol. The van der Waals surface area contributed by atoms with Crippen molar-refractivity contribution >= 4 is 23.2 Å². The van der Waals surface area contributed by atoms with Crippen molar-refractivity contribution in [3.05, 3.63) is 88.2 Å². The number of halogens is 3. The molecule has 0 spiro atoms. The van der Waals surface area contributed by atoms with Crippen molar-refractivity contribution in [2.24, 2.45) is 0 Å². The van der Waals surface area contributed by atoms with E-state index in [1.54, 1.807) is 36.8 Å². The van der Waals surface area contributed by atoms with Gasteiger partial charge >= 0.3 is 0 Å². The summed E-state index contributed by atoms with van der Waals surface area (Å²) in [5.74, 6) is -0.278. The van der Waals surface area contributed by atoms with Crippen LogP contribution < -0.4 is 5.01 Å². The Balaban J connectivity index is 2.11. The molecule has 0 N–H and O–H groups in total. The molecular formula is C17H14Cl2FN3. The molecule has 1 heterocycles. The highest BCUT2D eigenvalue weighted by atomic mass is 35.5. The minimum atomic E-state index is -0.278. The monoisotopic (exact) mass is 349 g/mol. The highest BCUT2D eigenvalue weighted by Gasteiger charge is 2.22. The van der Waals surface area contributed by atoms with Crippen LogP contribution in [0.1, 0.15) is 17.2 Å². The van der Waals surface area contributed by atoms with Gasteiger partial charge < -0.3 is 5.01 Å².